The normalized spacial score (nSPS) is 36.9. The van der Waals surface area contributed by atoms with Crippen molar-refractivity contribution in [1.29, 1.82) is 0 Å². The number of carbonyl (C=O) groups excluding carboxylic acids is 2. The van der Waals surface area contributed by atoms with Gasteiger partial charge in [0.25, 0.3) is 5.79 Å². The predicted octanol–water partition coefficient (Wildman–Crippen LogP) is -0.677. The Morgan fingerprint density at radius 2 is 1.89 bits per heavy atom. The van der Waals surface area contributed by atoms with Crippen molar-refractivity contribution in [2.45, 2.75) is 69.2 Å². The number of ether oxygens (including phenoxy) is 6. The minimum atomic E-state index is -1.79. The highest BCUT2D eigenvalue weighted by molar-refractivity contribution is 5.78. The lowest BCUT2D eigenvalue weighted by Gasteiger charge is -2.47. The van der Waals surface area contributed by atoms with Gasteiger partial charge in [-0.3, -0.25) is 4.79 Å². The molecule has 0 saturated carbocycles. The summed E-state index contributed by atoms with van der Waals surface area (Å²) in [6.07, 6.45) is -3.76. The summed E-state index contributed by atoms with van der Waals surface area (Å²) in [7, 11) is 3.93. The average Bonchev–Trinajstić information content (AvgIpc) is 3.00. The number of hydrogen-bond donors (Lipinski definition) is 2. The van der Waals surface area contributed by atoms with E-state index in [4.69, 9.17) is 28.4 Å². The summed E-state index contributed by atoms with van der Waals surface area (Å²) in [5, 5.41) is 13.7. The summed E-state index contributed by atoms with van der Waals surface area (Å²) in [5.74, 6) is -3.76. The van der Waals surface area contributed by atoms with Crippen molar-refractivity contribution >= 4 is 11.9 Å². The Morgan fingerprint density at radius 1 is 1.22 bits per heavy atom. The Labute approximate surface area is 158 Å². The fourth-order valence-electron chi connectivity index (χ4n) is 3.46. The van der Waals surface area contributed by atoms with Gasteiger partial charge in [0, 0.05) is 27.6 Å². The molecule has 10 heteroatoms. The second kappa shape index (κ2) is 8.38. The maximum absolute atomic E-state index is 12.4. The first kappa shape index (κ1) is 22.0. The van der Waals surface area contributed by atoms with Crippen LogP contribution in [0.25, 0.3) is 0 Å². The molecule has 0 aromatic rings. The second-order valence-corrected chi connectivity index (χ2v) is 7.09. The monoisotopic (exact) mass is 391 g/mol. The maximum Gasteiger partial charge on any atom is 0.366 e. The smallest absolute Gasteiger partial charge is 0.366 e. The van der Waals surface area contributed by atoms with E-state index in [-0.39, 0.29) is 18.9 Å². The van der Waals surface area contributed by atoms with Crippen LogP contribution >= 0.6 is 0 Å². The van der Waals surface area contributed by atoms with E-state index >= 15 is 0 Å². The van der Waals surface area contributed by atoms with Crippen molar-refractivity contribution in [3.63, 3.8) is 0 Å². The number of rotatable bonds is 6. The molecule has 0 unspecified atom stereocenters. The van der Waals surface area contributed by atoms with E-state index in [1.165, 1.54) is 28.3 Å². The van der Waals surface area contributed by atoms with Crippen LogP contribution in [-0.2, 0) is 38.0 Å². The number of amides is 1. The third kappa shape index (κ3) is 4.58. The molecule has 0 aromatic heterocycles. The Bertz CT molecular complexity index is 555. The highest BCUT2D eigenvalue weighted by atomic mass is 16.8. The SMILES string of the molecule is COC(=O)[C@]1(OC)C[C@H](OC)[C@@H](NC(C)=O)[C@H]([C@H](O)[C@H]2COC(C)(C)O2)O1. The van der Waals surface area contributed by atoms with Crippen molar-refractivity contribution < 1.29 is 43.1 Å². The van der Waals surface area contributed by atoms with Gasteiger partial charge in [0.05, 0.1) is 25.9 Å². The summed E-state index contributed by atoms with van der Waals surface area (Å²) in [6.45, 7) is 4.90. The first-order valence-corrected chi connectivity index (χ1v) is 8.70. The molecule has 2 heterocycles. The van der Waals surface area contributed by atoms with Crippen LogP contribution in [0.1, 0.15) is 27.2 Å². The van der Waals surface area contributed by atoms with Gasteiger partial charge in [-0.15, -0.1) is 0 Å². The second-order valence-electron chi connectivity index (χ2n) is 7.09. The quantitative estimate of drug-likeness (QED) is 0.567. The van der Waals surface area contributed by atoms with Gasteiger partial charge < -0.3 is 38.8 Å². The molecular formula is C17H29NO9. The Balaban J connectivity index is 2.36. The number of aliphatic hydroxyl groups is 1. The average molecular weight is 391 g/mol. The van der Waals surface area contributed by atoms with Crippen LogP contribution in [0.3, 0.4) is 0 Å². The van der Waals surface area contributed by atoms with Gasteiger partial charge in [-0.25, -0.2) is 4.79 Å². The van der Waals surface area contributed by atoms with E-state index in [2.05, 4.69) is 5.32 Å². The maximum atomic E-state index is 12.4. The number of hydrogen-bond acceptors (Lipinski definition) is 9. The number of carbonyl (C=O) groups is 2. The van der Waals surface area contributed by atoms with E-state index in [0.717, 1.165) is 0 Å². The van der Waals surface area contributed by atoms with Crippen molar-refractivity contribution in [3.8, 4) is 0 Å². The molecular weight excluding hydrogens is 362 g/mol. The van der Waals surface area contributed by atoms with Gasteiger partial charge in [-0.1, -0.05) is 0 Å². The van der Waals surface area contributed by atoms with Gasteiger partial charge in [0.15, 0.2) is 5.79 Å². The zero-order chi connectivity index (χ0) is 20.4. The van der Waals surface area contributed by atoms with Crippen LogP contribution in [0.2, 0.25) is 0 Å². The fraction of sp³-hybridized carbons (Fsp3) is 0.882. The highest BCUT2D eigenvalue weighted by Crippen LogP contribution is 2.36. The first-order chi connectivity index (χ1) is 12.6. The van der Waals surface area contributed by atoms with Crippen LogP contribution in [0, 0.1) is 0 Å². The zero-order valence-electron chi connectivity index (χ0n) is 16.5. The Morgan fingerprint density at radius 3 is 2.33 bits per heavy atom. The lowest BCUT2D eigenvalue weighted by atomic mass is 9.88. The molecule has 0 aromatic carbocycles. The van der Waals surface area contributed by atoms with Crippen molar-refractivity contribution in [2.75, 3.05) is 27.9 Å². The highest BCUT2D eigenvalue weighted by Gasteiger charge is 2.57. The topological polar surface area (TPSA) is 122 Å². The van der Waals surface area contributed by atoms with Crippen LogP contribution < -0.4 is 5.32 Å². The number of nitrogens with one attached hydrogen (secondary N) is 1. The molecule has 27 heavy (non-hydrogen) atoms. The first-order valence-electron chi connectivity index (χ1n) is 8.70. The summed E-state index contributed by atoms with van der Waals surface area (Å²) in [5.41, 5.74) is 0. The van der Waals surface area contributed by atoms with Crippen molar-refractivity contribution in [3.05, 3.63) is 0 Å². The molecule has 6 atom stereocenters. The van der Waals surface area contributed by atoms with E-state index in [9.17, 15) is 14.7 Å². The molecule has 2 aliphatic rings. The molecule has 2 aliphatic heterocycles. The largest absolute Gasteiger partial charge is 0.465 e. The Hall–Kier alpha value is -1.30. The molecule has 2 saturated heterocycles. The van der Waals surface area contributed by atoms with Gasteiger partial charge in [0.2, 0.25) is 5.91 Å². The van der Waals surface area contributed by atoms with E-state index in [1.807, 2.05) is 0 Å². The summed E-state index contributed by atoms with van der Waals surface area (Å²) < 4.78 is 32.7. The summed E-state index contributed by atoms with van der Waals surface area (Å²) in [4.78, 5) is 24.1. The number of aliphatic hydroxyl groups excluding tert-OH is 1. The third-order valence-corrected chi connectivity index (χ3v) is 4.80. The Kier molecular flexibility index (Phi) is 6.82. The molecule has 10 nitrogen and oxygen atoms in total. The van der Waals surface area contributed by atoms with Gasteiger partial charge in [-0.2, -0.15) is 0 Å². The predicted molar refractivity (Wildman–Crippen MR) is 90.6 cm³/mol. The summed E-state index contributed by atoms with van der Waals surface area (Å²) >= 11 is 0. The minimum Gasteiger partial charge on any atom is -0.465 e. The molecule has 0 bridgehead atoms. The zero-order valence-corrected chi connectivity index (χ0v) is 16.5. The van der Waals surface area contributed by atoms with Crippen molar-refractivity contribution in [2.24, 2.45) is 0 Å². The third-order valence-electron chi connectivity index (χ3n) is 4.80. The lowest BCUT2D eigenvalue weighted by molar-refractivity contribution is -0.307. The van der Waals surface area contributed by atoms with Crippen LogP contribution in [0.4, 0.5) is 0 Å². The van der Waals surface area contributed by atoms with Crippen molar-refractivity contribution in [1.82, 2.24) is 5.32 Å². The van der Waals surface area contributed by atoms with E-state index in [0.29, 0.717) is 0 Å². The molecule has 2 rings (SSSR count). The number of methoxy groups -OCH3 is 3. The molecule has 2 fully saturated rings. The van der Waals surface area contributed by atoms with Gasteiger partial charge in [0.1, 0.15) is 18.3 Å². The molecule has 1 amide bonds. The van der Waals surface area contributed by atoms with E-state index in [1.54, 1.807) is 13.8 Å². The lowest BCUT2D eigenvalue weighted by Crippen LogP contribution is -2.68. The summed E-state index contributed by atoms with van der Waals surface area (Å²) in [6, 6.07) is -0.747. The van der Waals surface area contributed by atoms with Crippen LogP contribution in [0.15, 0.2) is 0 Å². The molecule has 0 aliphatic carbocycles. The van der Waals surface area contributed by atoms with Crippen LogP contribution in [0.5, 0.6) is 0 Å². The van der Waals surface area contributed by atoms with Crippen LogP contribution in [-0.4, -0.2) is 87.0 Å². The fourth-order valence-corrected chi connectivity index (χ4v) is 3.46. The van der Waals surface area contributed by atoms with Gasteiger partial charge in [-0.05, 0) is 13.8 Å². The van der Waals surface area contributed by atoms with E-state index < -0.39 is 48.0 Å². The number of esters is 1. The minimum absolute atomic E-state index is 0.0334. The molecule has 0 radical (unpaired) electrons. The standard InChI is InChI=1S/C17H29NO9/c1-9(19)18-12-10(22-4)7-17(24-6,15(21)23-5)27-14(12)13(20)11-8-25-16(2,3)26-11/h10-14,20H,7-8H2,1-6H3,(H,18,19)/t10-,11+,12+,13+,14+,17-/m0/s1. The molecule has 2 N–H and O–H groups in total. The molecule has 156 valence electrons. The van der Waals surface area contributed by atoms with Gasteiger partial charge >= 0.3 is 5.97 Å². The molecule has 0 spiro atoms.